The summed E-state index contributed by atoms with van der Waals surface area (Å²) >= 11 is 0. The monoisotopic (exact) mass is 315 g/mol. The lowest BCUT2D eigenvalue weighted by molar-refractivity contribution is -0.139. The highest BCUT2D eigenvalue weighted by Crippen LogP contribution is 2.16. The van der Waals surface area contributed by atoms with Crippen LogP contribution < -0.4 is 4.74 Å². The van der Waals surface area contributed by atoms with Crippen molar-refractivity contribution in [3.05, 3.63) is 29.8 Å². The zero-order valence-electron chi connectivity index (χ0n) is 12.5. The third-order valence-corrected chi connectivity index (χ3v) is 3.01. The molecule has 7 heteroatoms. The Morgan fingerprint density at radius 1 is 1.23 bits per heavy atom. The molecule has 1 amide bonds. The number of halogens is 2. The van der Waals surface area contributed by atoms with Gasteiger partial charge in [-0.05, 0) is 31.5 Å². The summed E-state index contributed by atoms with van der Waals surface area (Å²) in [6.07, 6.45) is -0.0438. The number of carbonyl (C=O) groups is 2. The first-order valence-corrected chi connectivity index (χ1v) is 6.84. The third kappa shape index (κ3) is 6.07. The first kappa shape index (κ1) is 17.9. The quantitative estimate of drug-likeness (QED) is 0.800. The van der Waals surface area contributed by atoms with Crippen molar-refractivity contribution in [1.29, 1.82) is 0 Å². The van der Waals surface area contributed by atoms with Gasteiger partial charge >= 0.3 is 12.6 Å². The highest BCUT2D eigenvalue weighted by Gasteiger charge is 2.18. The normalized spacial score (nSPS) is 10.8. The van der Waals surface area contributed by atoms with Gasteiger partial charge < -0.3 is 14.7 Å². The molecule has 1 N–H and O–H groups in total. The number of alkyl halides is 2. The average Bonchev–Trinajstić information content (AvgIpc) is 2.39. The van der Waals surface area contributed by atoms with Crippen LogP contribution in [0.1, 0.15) is 25.8 Å². The Bertz CT molecular complexity index is 503. The Morgan fingerprint density at radius 3 is 2.27 bits per heavy atom. The molecule has 1 aromatic carbocycles. The van der Waals surface area contributed by atoms with Crippen LogP contribution in [0.4, 0.5) is 8.78 Å². The molecule has 0 atom stereocenters. The summed E-state index contributed by atoms with van der Waals surface area (Å²) in [6, 6.07) is 5.68. The first-order valence-electron chi connectivity index (χ1n) is 6.84. The Balaban J connectivity index is 2.66. The first-order chi connectivity index (χ1) is 10.3. The van der Waals surface area contributed by atoms with E-state index in [9.17, 15) is 18.4 Å². The third-order valence-electron chi connectivity index (χ3n) is 3.01. The number of carboxylic acids is 1. The topological polar surface area (TPSA) is 66.8 Å². The number of carboxylic acid groups (broad SMARTS) is 1. The van der Waals surface area contributed by atoms with E-state index in [0.29, 0.717) is 5.56 Å². The lowest BCUT2D eigenvalue weighted by Gasteiger charge is -2.26. The summed E-state index contributed by atoms with van der Waals surface area (Å²) in [4.78, 5) is 24.3. The van der Waals surface area contributed by atoms with Gasteiger partial charge in [-0.3, -0.25) is 9.59 Å². The van der Waals surface area contributed by atoms with E-state index >= 15 is 0 Å². The van der Waals surface area contributed by atoms with Crippen LogP contribution in [0.3, 0.4) is 0 Å². The van der Waals surface area contributed by atoms with Gasteiger partial charge in [-0.2, -0.15) is 8.78 Å². The van der Waals surface area contributed by atoms with E-state index in [4.69, 9.17) is 5.11 Å². The molecule has 0 aliphatic heterocycles. The largest absolute Gasteiger partial charge is 0.481 e. The summed E-state index contributed by atoms with van der Waals surface area (Å²) in [6.45, 7) is 0.858. The van der Waals surface area contributed by atoms with Gasteiger partial charge in [0.1, 0.15) is 5.75 Å². The lowest BCUT2D eigenvalue weighted by atomic mass is 10.1. The van der Waals surface area contributed by atoms with Gasteiger partial charge in [-0.25, -0.2) is 0 Å². The molecule has 5 nitrogen and oxygen atoms in total. The highest BCUT2D eigenvalue weighted by atomic mass is 19.3. The van der Waals surface area contributed by atoms with E-state index < -0.39 is 12.6 Å². The predicted molar refractivity (Wildman–Crippen MR) is 75.9 cm³/mol. The van der Waals surface area contributed by atoms with E-state index in [1.54, 1.807) is 13.8 Å². The fraction of sp³-hybridized carbons (Fsp3) is 0.467. The smallest absolute Gasteiger partial charge is 0.387 e. The minimum atomic E-state index is -2.89. The van der Waals surface area contributed by atoms with Crippen molar-refractivity contribution in [3.63, 3.8) is 0 Å². The molecular formula is C15H19F2NO4. The maximum atomic E-state index is 12.2. The molecule has 0 saturated heterocycles. The summed E-state index contributed by atoms with van der Waals surface area (Å²) < 4.78 is 28.3. The molecule has 1 rings (SSSR count). The maximum Gasteiger partial charge on any atom is 0.387 e. The Labute approximate surface area is 127 Å². The minimum absolute atomic E-state index is 0.0257. The standard InChI is InChI=1S/C15H19F2NO4/c1-10(2)18(8-7-14(20)21)13(19)9-11-3-5-12(6-4-11)22-15(16)17/h3-6,10,15H,7-9H2,1-2H3,(H,20,21). The van der Waals surface area contributed by atoms with Crippen molar-refractivity contribution in [2.75, 3.05) is 6.54 Å². The Kier molecular flexibility index (Phi) is 6.75. The predicted octanol–water partition coefficient (Wildman–Crippen LogP) is 2.54. The van der Waals surface area contributed by atoms with Crippen molar-refractivity contribution in [2.45, 2.75) is 39.3 Å². The second-order valence-electron chi connectivity index (χ2n) is 5.02. The Morgan fingerprint density at radius 2 is 1.82 bits per heavy atom. The number of carbonyl (C=O) groups excluding carboxylic acids is 1. The molecule has 1 aromatic rings. The van der Waals surface area contributed by atoms with Gasteiger partial charge in [-0.15, -0.1) is 0 Å². The van der Waals surface area contributed by atoms with Crippen LogP contribution in [-0.4, -0.2) is 41.1 Å². The fourth-order valence-electron chi connectivity index (χ4n) is 1.95. The van der Waals surface area contributed by atoms with Crippen molar-refractivity contribution in [2.24, 2.45) is 0 Å². The molecule has 0 heterocycles. The van der Waals surface area contributed by atoms with Gasteiger partial charge in [-0.1, -0.05) is 12.1 Å². The van der Waals surface area contributed by atoms with Crippen LogP contribution in [0.15, 0.2) is 24.3 Å². The molecule has 0 saturated carbocycles. The molecule has 122 valence electrons. The van der Waals surface area contributed by atoms with E-state index in [2.05, 4.69) is 4.74 Å². The second-order valence-corrected chi connectivity index (χ2v) is 5.02. The number of benzene rings is 1. The lowest BCUT2D eigenvalue weighted by Crippen LogP contribution is -2.39. The van der Waals surface area contributed by atoms with E-state index in [-0.39, 0.29) is 37.1 Å². The van der Waals surface area contributed by atoms with Crippen LogP contribution in [0.25, 0.3) is 0 Å². The highest BCUT2D eigenvalue weighted by molar-refractivity contribution is 5.79. The zero-order valence-corrected chi connectivity index (χ0v) is 12.5. The molecule has 0 spiro atoms. The van der Waals surface area contributed by atoms with Crippen molar-refractivity contribution in [3.8, 4) is 5.75 Å². The van der Waals surface area contributed by atoms with Gasteiger partial charge in [0.05, 0.1) is 12.8 Å². The number of hydrogen-bond donors (Lipinski definition) is 1. The van der Waals surface area contributed by atoms with Crippen LogP contribution in [0.5, 0.6) is 5.75 Å². The van der Waals surface area contributed by atoms with Crippen LogP contribution >= 0.6 is 0 Å². The van der Waals surface area contributed by atoms with Crippen molar-refractivity contribution >= 4 is 11.9 Å². The molecule has 0 aliphatic rings. The van der Waals surface area contributed by atoms with Crippen LogP contribution in [0, 0.1) is 0 Å². The molecule has 0 unspecified atom stereocenters. The summed E-state index contributed by atoms with van der Waals surface area (Å²) in [7, 11) is 0. The molecule has 0 radical (unpaired) electrons. The van der Waals surface area contributed by atoms with Gasteiger partial charge in [0.2, 0.25) is 5.91 Å². The summed E-state index contributed by atoms with van der Waals surface area (Å²) in [5.74, 6) is -1.15. The number of nitrogens with zero attached hydrogens (tertiary/aromatic N) is 1. The van der Waals surface area contributed by atoms with Crippen molar-refractivity contribution < 1.29 is 28.2 Å². The number of hydrogen-bond acceptors (Lipinski definition) is 3. The molecule has 0 bridgehead atoms. The SMILES string of the molecule is CC(C)N(CCC(=O)O)C(=O)Cc1ccc(OC(F)F)cc1. The van der Waals surface area contributed by atoms with Gasteiger partial charge in [0.25, 0.3) is 0 Å². The van der Waals surface area contributed by atoms with Crippen molar-refractivity contribution in [1.82, 2.24) is 4.90 Å². The molecular weight excluding hydrogens is 296 g/mol. The number of amides is 1. The second kappa shape index (κ2) is 8.31. The molecule has 22 heavy (non-hydrogen) atoms. The average molecular weight is 315 g/mol. The van der Waals surface area contributed by atoms with Gasteiger partial charge in [0, 0.05) is 12.6 Å². The van der Waals surface area contributed by atoms with E-state index in [1.165, 1.54) is 29.2 Å². The van der Waals surface area contributed by atoms with Gasteiger partial charge in [0.15, 0.2) is 0 Å². The number of aliphatic carboxylic acids is 1. The molecule has 0 aromatic heterocycles. The van der Waals surface area contributed by atoms with E-state index in [1.807, 2.05) is 0 Å². The van der Waals surface area contributed by atoms with Crippen LogP contribution in [0.2, 0.25) is 0 Å². The minimum Gasteiger partial charge on any atom is -0.481 e. The Hall–Kier alpha value is -2.18. The zero-order chi connectivity index (χ0) is 16.7. The molecule has 0 aliphatic carbocycles. The van der Waals surface area contributed by atoms with E-state index in [0.717, 1.165) is 0 Å². The number of ether oxygens (including phenoxy) is 1. The summed E-state index contributed by atoms with van der Waals surface area (Å²) in [5.41, 5.74) is 0.646. The number of rotatable bonds is 8. The van der Waals surface area contributed by atoms with Crippen LogP contribution in [-0.2, 0) is 16.0 Å². The molecule has 0 fully saturated rings. The maximum absolute atomic E-state index is 12.2. The summed E-state index contributed by atoms with van der Waals surface area (Å²) in [5, 5.41) is 8.71. The fourth-order valence-corrected chi connectivity index (χ4v) is 1.95.